The second-order valence-electron chi connectivity index (χ2n) is 10.0. The Labute approximate surface area is 203 Å². The van der Waals surface area contributed by atoms with Gasteiger partial charge in [0, 0.05) is 30.6 Å². The number of carbonyl (C=O) groups is 3. The number of aliphatic hydroxyl groups excluding tert-OH is 1. The number of benzene rings is 1. The van der Waals surface area contributed by atoms with Gasteiger partial charge in [0.2, 0.25) is 0 Å². The van der Waals surface area contributed by atoms with E-state index in [1.807, 2.05) is 42.1 Å². The molecule has 9 heteroatoms. The maximum Gasteiger partial charge on any atom is 0.394 e. The van der Waals surface area contributed by atoms with Crippen LogP contribution in [0.2, 0.25) is 0 Å². The van der Waals surface area contributed by atoms with Crippen molar-refractivity contribution in [3.05, 3.63) is 47.5 Å². The number of nitrogens with zero attached hydrogens (tertiary/aromatic N) is 2. The van der Waals surface area contributed by atoms with Gasteiger partial charge in [0.1, 0.15) is 12.0 Å². The molecule has 1 aromatic heterocycles. The van der Waals surface area contributed by atoms with Crippen LogP contribution in [0.15, 0.2) is 42.0 Å². The summed E-state index contributed by atoms with van der Waals surface area (Å²) in [5, 5.41) is 12.1. The van der Waals surface area contributed by atoms with Crippen LogP contribution < -0.4 is 0 Å². The van der Waals surface area contributed by atoms with Crippen LogP contribution in [0, 0.1) is 5.41 Å². The average Bonchev–Trinajstić information content (AvgIpc) is 3.26. The van der Waals surface area contributed by atoms with E-state index in [2.05, 4.69) is 0 Å². The van der Waals surface area contributed by atoms with Gasteiger partial charge >= 0.3 is 23.7 Å². The second kappa shape index (κ2) is 8.87. The molecule has 2 aliphatic heterocycles. The maximum atomic E-state index is 13.6. The molecule has 0 saturated heterocycles. The topological polar surface area (TPSA) is 107 Å². The van der Waals surface area contributed by atoms with Crippen molar-refractivity contribution in [3.63, 3.8) is 0 Å². The lowest BCUT2D eigenvalue weighted by atomic mass is 9.76. The molecular formula is C26H31N2O7+. The summed E-state index contributed by atoms with van der Waals surface area (Å²) < 4.78 is 19.4. The molecule has 0 spiro atoms. The predicted molar refractivity (Wildman–Crippen MR) is 127 cm³/mol. The normalized spacial score (nSPS) is 20.0. The summed E-state index contributed by atoms with van der Waals surface area (Å²) in [6.07, 6.45) is 2.53. The van der Waals surface area contributed by atoms with Gasteiger partial charge in [-0.25, -0.2) is 9.59 Å². The first-order valence-electron chi connectivity index (χ1n) is 11.6. The Morgan fingerprint density at radius 3 is 2.63 bits per heavy atom. The quantitative estimate of drug-likeness (QED) is 0.514. The molecule has 0 radical (unpaired) electrons. The van der Waals surface area contributed by atoms with E-state index in [0.717, 1.165) is 16.5 Å². The van der Waals surface area contributed by atoms with Crippen LogP contribution in [-0.4, -0.2) is 57.2 Å². The number of amides is 1. The standard InChI is InChI=1S/C26H30N2O7/c1-25(2,3)35-20(30)14-26-11-8-12-28(24(26)34-21(22(26)31)23(32)33-5)19(29)13-16-15-27(4)18-10-7-6-9-17(16)18/h6-7,9-10,15H,8,11-14H2,1-5H3/p+1/t26-/m0/s1. The molecule has 1 aromatic carbocycles. The number of carbonyl (C=O) groups excluding carboxylic acids is 3. The van der Waals surface area contributed by atoms with Crippen LogP contribution in [-0.2, 0) is 42.1 Å². The largest absolute Gasteiger partial charge is 0.507 e. The molecule has 186 valence electrons. The zero-order valence-corrected chi connectivity index (χ0v) is 20.7. The van der Waals surface area contributed by atoms with Gasteiger partial charge in [0.25, 0.3) is 5.76 Å². The fourth-order valence-electron chi connectivity index (χ4n) is 4.91. The number of aliphatic hydroxyl groups is 1. The lowest BCUT2D eigenvalue weighted by Crippen LogP contribution is -2.46. The Bertz CT molecular complexity index is 1280. The van der Waals surface area contributed by atoms with Gasteiger partial charge in [-0.2, -0.15) is 0 Å². The minimum atomic E-state index is -1.38. The molecule has 0 unspecified atom stereocenters. The van der Waals surface area contributed by atoms with Gasteiger partial charge in [0.15, 0.2) is 17.7 Å². The number of esters is 2. The number of ether oxygens (including phenoxy) is 3. The van der Waals surface area contributed by atoms with Crippen LogP contribution >= 0.6 is 0 Å². The number of methoxy groups -OCH3 is 1. The molecule has 35 heavy (non-hydrogen) atoms. The SMILES string of the molecule is COC(=O)C1=C(O)[C@@]2(CC(=O)OC(C)(C)C)CCC[N+](C(=O)Cc3cn(C)c4ccccc34)=C2O1. The Hall–Kier alpha value is -3.62. The summed E-state index contributed by atoms with van der Waals surface area (Å²) in [5.41, 5.74) is -0.264. The summed E-state index contributed by atoms with van der Waals surface area (Å²) in [7, 11) is 3.09. The van der Waals surface area contributed by atoms with Crippen molar-refractivity contribution in [2.45, 2.75) is 52.1 Å². The molecule has 0 bridgehead atoms. The number of hydrogen-bond acceptors (Lipinski definition) is 7. The highest BCUT2D eigenvalue weighted by atomic mass is 16.6. The molecule has 3 heterocycles. The first kappa shape index (κ1) is 24.5. The van der Waals surface area contributed by atoms with Gasteiger partial charge in [-0.3, -0.25) is 4.79 Å². The number of aromatic nitrogens is 1. The van der Waals surface area contributed by atoms with Crippen molar-refractivity contribution in [1.82, 2.24) is 4.57 Å². The molecule has 2 aromatic rings. The summed E-state index contributed by atoms with van der Waals surface area (Å²) >= 11 is 0. The number of para-hydroxylation sites is 1. The summed E-state index contributed by atoms with van der Waals surface area (Å²) in [5.74, 6) is -2.46. The smallest absolute Gasteiger partial charge is 0.394 e. The highest BCUT2D eigenvalue weighted by molar-refractivity contribution is 6.01. The predicted octanol–water partition coefficient (Wildman–Crippen LogP) is 3.14. The van der Waals surface area contributed by atoms with E-state index in [-0.39, 0.29) is 24.6 Å². The van der Waals surface area contributed by atoms with E-state index in [1.165, 1.54) is 11.7 Å². The third-order valence-corrected chi connectivity index (χ3v) is 6.37. The fraction of sp³-hybridized carbons (Fsp3) is 0.462. The molecule has 0 saturated carbocycles. The molecular weight excluding hydrogens is 452 g/mol. The monoisotopic (exact) mass is 483 g/mol. The third-order valence-electron chi connectivity index (χ3n) is 6.37. The Morgan fingerprint density at radius 1 is 1.23 bits per heavy atom. The molecule has 1 N–H and O–H groups in total. The van der Waals surface area contributed by atoms with E-state index in [0.29, 0.717) is 19.4 Å². The van der Waals surface area contributed by atoms with Crippen LogP contribution in [0.4, 0.5) is 0 Å². The zero-order valence-electron chi connectivity index (χ0n) is 20.7. The zero-order chi connectivity index (χ0) is 25.5. The highest BCUT2D eigenvalue weighted by Gasteiger charge is 2.61. The van der Waals surface area contributed by atoms with Crippen LogP contribution in [0.1, 0.15) is 45.6 Å². The van der Waals surface area contributed by atoms with Gasteiger partial charge < -0.3 is 23.9 Å². The molecule has 2 aliphatic rings. The number of hydrogen-bond donors (Lipinski definition) is 1. The molecule has 0 aliphatic carbocycles. The second-order valence-corrected chi connectivity index (χ2v) is 10.0. The summed E-state index contributed by atoms with van der Waals surface area (Å²) in [6, 6.07) is 7.80. The van der Waals surface area contributed by atoms with Crippen molar-refractivity contribution in [2.24, 2.45) is 12.5 Å². The van der Waals surface area contributed by atoms with Crippen molar-refractivity contribution >= 4 is 34.6 Å². The molecule has 4 rings (SSSR count). The van der Waals surface area contributed by atoms with E-state index >= 15 is 0 Å². The van der Waals surface area contributed by atoms with Gasteiger partial charge in [-0.05, 0) is 38.8 Å². The minimum absolute atomic E-state index is 0.0674. The Balaban J connectivity index is 1.75. The molecule has 0 fully saturated rings. The third kappa shape index (κ3) is 4.42. The van der Waals surface area contributed by atoms with Crippen molar-refractivity contribution in [2.75, 3.05) is 13.7 Å². The van der Waals surface area contributed by atoms with Gasteiger partial charge in [0.05, 0.1) is 13.5 Å². The van der Waals surface area contributed by atoms with Crippen LogP contribution in [0.5, 0.6) is 0 Å². The van der Waals surface area contributed by atoms with Crippen LogP contribution in [0.25, 0.3) is 10.9 Å². The Kier molecular flexibility index (Phi) is 6.21. The lowest BCUT2D eigenvalue weighted by molar-refractivity contribution is -0.467. The number of fused-ring (bicyclic) bond motifs is 2. The fourth-order valence-corrected chi connectivity index (χ4v) is 4.91. The number of aryl methyl sites for hydroxylation is 1. The van der Waals surface area contributed by atoms with E-state index in [9.17, 15) is 19.5 Å². The molecule has 9 nitrogen and oxygen atoms in total. The summed E-state index contributed by atoms with van der Waals surface area (Å²) in [4.78, 5) is 38.7. The minimum Gasteiger partial charge on any atom is -0.507 e. The summed E-state index contributed by atoms with van der Waals surface area (Å²) in [6.45, 7) is 5.56. The Morgan fingerprint density at radius 2 is 1.94 bits per heavy atom. The first-order valence-corrected chi connectivity index (χ1v) is 11.6. The molecule has 1 atom stereocenters. The average molecular weight is 484 g/mol. The lowest BCUT2D eigenvalue weighted by Gasteiger charge is -2.29. The van der Waals surface area contributed by atoms with Gasteiger partial charge in [-0.15, -0.1) is 4.58 Å². The van der Waals surface area contributed by atoms with Crippen molar-refractivity contribution < 1.29 is 38.3 Å². The van der Waals surface area contributed by atoms with Gasteiger partial charge in [-0.1, -0.05) is 18.2 Å². The highest BCUT2D eigenvalue weighted by Crippen LogP contribution is 2.47. The maximum absolute atomic E-state index is 13.6. The van der Waals surface area contributed by atoms with Crippen molar-refractivity contribution in [3.8, 4) is 0 Å². The first-order chi connectivity index (χ1) is 16.5. The van der Waals surface area contributed by atoms with E-state index in [4.69, 9.17) is 14.2 Å². The number of rotatable bonds is 5. The van der Waals surface area contributed by atoms with Crippen LogP contribution in [0.3, 0.4) is 0 Å². The molecule has 1 amide bonds. The van der Waals surface area contributed by atoms with E-state index in [1.54, 1.807) is 20.8 Å². The van der Waals surface area contributed by atoms with Crippen molar-refractivity contribution in [1.29, 1.82) is 0 Å². The van der Waals surface area contributed by atoms with E-state index < -0.39 is 34.5 Å².